The van der Waals surface area contributed by atoms with Crippen molar-refractivity contribution in [3.63, 3.8) is 0 Å². The Kier molecular flexibility index (Phi) is 6.12. The Morgan fingerprint density at radius 3 is 2.48 bits per heavy atom. The van der Waals surface area contributed by atoms with Crippen LogP contribution in [-0.4, -0.2) is 30.0 Å². The number of hydrogen-bond acceptors (Lipinski definition) is 6. The Labute approximate surface area is 156 Å². The molecule has 0 aliphatic heterocycles. The Morgan fingerprint density at radius 1 is 1.15 bits per heavy atom. The summed E-state index contributed by atoms with van der Waals surface area (Å²) in [6, 6.07) is 9.17. The molecule has 0 aromatic heterocycles. The number of carbonyl (C=O) groups excluding carboxylic acids is 2. The van der Waals surface area contributed by atoms with Crippen LogP contribution in [0, 0.1) is 24.0 Å². The molecule has 2 aromatic rings. The summed E-state index contributed by atoms with van der Waals surface area (Å²) in [6.45, 7) is 5.04. The normalized spacial score (nSPS) is 11.4. The molecule has 0 bridgehead atoms. The van der Waals surface area contributed by atoms with Crippen LogP contribution in [0.2, 0.25) is 0 Å². The molecule has 0 aliphatic carbocycles. The molecule has 1 amide bonds. The monoisotopic (exact) mass is 372 g/mol. The number of benzene rings is 2. The molecule has 0 heterocycles. The van der Waals surface area contributed by atoms with Crippen molar-refractivity contribution < 1.29 is 24.0 Å². The van der Waals surface area contributed by atoms with E-state index in [2.05, 4.69) is 5.32 Å². The van der Waals surface area contributed by atoms with E-state index >= 15 is 0 Å². The number of nitro groups is 1. The van der Waals surface area contributed by atoms with Gasteiger partial charge in [0.25, 0.3) is 11.6 Å². The van der Waals surface area contributed by atoms with Crippen LogP contribution in [0.3, 0.4) is 0 Å². The fraction of sp³-hybridized carbons (Fsp3) is 0.263. The van der Waals surface area contributed by atoms with Gasteiger partial charge in [0.05, 0.1) is 23.3 Å². The molecular formula is C19H20N2O6. The maximum absolute atomic E-state index is 12.4. The molecule has 8 nitrogen and oxygen atoms in total. The van der Waals surface area contributed by atoms with Gasteiger partial charge in [0.1, 0.15) is 5.75 Å². The number of aryl methyl sites for hydroxylation is 2. The zero-order chi connectivity index (χ0) is 20.1. The summed E-state index contributed by atoms with van der Waals surface area (Å²) >= 11 is 0. The van der Waals surface area contributed by atoms with Crippen LogP contribution in [0.25, 0.3) is 0 Å². The van der Waals surface area contributed by atoms with E-state index in [1.165, 1.54) is 32.2 Å². The lowest BCUT2D eigenvalue weighted by Crippen LogP contribution is -2.30. The first-order valence-corrected chi connectivity index (χ1v) is 8.14. The smallest absolute Gasteiger partial charge is 0.339 e. The van der Waals surface area contributed by atoms with Crippen molar-refractivity contribution in [2.24, 2.45) is 0 Å². The highest BCUT2D eigenvalue weighted by Crippen LogP contribution is 2.29. The second-order valence-electron chi connectivity index (χ2n) is 6.00. The first-order valence-electron chi connectivity index (χ1n) is 8.14. The average molecular weight is 372 g/mol. The summed E-state index contributed by atoms with van der Waals surface area (Å²) in [6.07, 6.45) is -1.11. The molecule has 2 aromatic carbocycles. The van der Waals surface area contributed by atoms with Crippen LogP contribution < -0.4 is 10.1 Å². The molecule has 0 aliphatic rings. The largest absolute Gasteiger partial charge is 0.495 e. The maximum atomic E-state index is 12.4. The van der Waals surface area contributed by atoms with E-state index in [0.29, 0.717) is 5.56 Å². The van der Waals surface area contributed by atoms with Crippen LogP contribution in [0.5, 0.6) is 5.75 Å². The first-order chi connectivity index (χ1) is 12.7. The van der Waals surface area contributed by atoms with E-state index in [-0.39, 0.29) is 17.1 Å². The lowest BCUT2D eigenvalue weighted by Gasteiger charge is -2.16. The standard InChI is InChI=1S/C19H20N2O6/c1-11-5-6-12(2)15(9-11)19(23)27-13(3)18(22)20-16-10-14(21(24)25)7-8-17(16)26-4/h5-10,13H,1-4H3,(H,20,22)/t13-/m0/s1. The third-order valence-electron chi connectivity index (χ3n) is 3.92. The number of rotatable bonds is 6. The zero-order valence-corrected chi connectivity index (χ0v) is 15.4. The number of carbonyl (C=O) groups is 2. The number of nitro benzene ring substituents is 1. The molecule has 1 N–H and O–H groups in total. The number of nitrogens with zero attached hydrogens (tertiary/aromatic N) is 1. The van der Waals surface area contributed by atoms with Crippen LogP contribution in [0.4, 0.5) is 11.4 Å². The highest BCUT2D eigenvalue weighted by atomic mass is 16.6. The molecule has 0 saturated heterocycles. The van der Waals surface area contributed by atoms with E-state index in [1.807, 2.05) is 13.0 Å². The van der Waals surface area contributed by atoms with Gasteiger partial charge in [-0.2, -0.15) is 0 Å². The summed E-state index contributed by atoms with van der Waals surface area (Å²) in [5.41, 5.74) is 1.92. The van der Waals surface area contributed by atoms with Crippen molar-refractivity contribution in [1.82, 2.24) is 0 Å². The van der Waals surface area contributed by atoms with Gasteiger partial charge >= 0.3 is 5.97 Å². The van der Waals surface area contributed by atoms with Gasteiger partial charge < -0.3 is 14.8 Å². The molecule has 0 fully saturated rings. The highest BCUT2D eigenvalue weighted by molar-refractivity contribution is 5.98. The number of nitrogens with one attached hydrogen (secondary N) is 1. The predicted octanol–water partition coefficient (Wildman–Crippen LogP) is 3.40. The van der Waals surface area contributed by atoms with Gasteiger partial charge in [-0.15, -0.1) is 0 Å². The van der Waals surface area contributed by atoms with Crippen LogP contribution >= 0.6 is 0 Å². The molecule has 0 saturated carbocycles. The van der Waals surface area contributed by atoms with E-state index in [9.17, 15) is 19.7 Å². The number of esters is 1. The Morgan fingerprint density at radius 2 is 1.85 bits per heavy atom. The minimum absolute atomic E-state index is 0.117. The summed E-state index contributed by atoms with van der Waals surface area (Å²) in [7, 11) is 1.38. The molecule has 0 unspecified atom stereocenters. The fourth-order valence-corrected chi connectivity index (χ4v) is 2.37. The molecule has 0 radical (unpaired) electrons. The van der Waals surface area contributed by atoms with Crippen LogP contribution in [-0.2, 0) is 9.53 Å². The lowest BCUT2D eigenvalue weighted by atomic mass is 10.1. The van der Waals surface area contributed by atoms with Crippen molar-refractivity contribution in [1.29, 1.82) is 0 Å². The summed E-state index contributed by atoms with van der Waals surface area (Å²) < 4.78 is 10.3. The van der Waals surface area contributed by atoms with Crippen molar-refractivity contribution in [3.8, 4) is 5.75 Å². The third-order valence-corrected chi connectivity index (χ3v) is 3.92. The molecule has 0 spiro atoms. The van der Waals surface area contributed by atoms with Crippen LogP contribution in [0.1, 0.15) is 28.4 Å². The fourth-order valence-electron chi connectivity index (χ4n) is 2.37. The molecule has 27 heavy (non-hydrogen) atoms. The Balaban J connectivity index is 2.14. The maximum Gasteiger partial charge on any atom is 0.339 e. The molecule has 8 heteroatoms. The number of anilines is 1. The number of amides is 1. The Bertz CT molecular complexity index is 894. The number of non-ortho nitro benzene ring substituents is 1. The second kappa shape index (κ2) is 8.31. The average Bonchev–Trinajstić information content (AvgIpc) is 2.63. The zero-order valence-electron chi connectivity index (χ0n) is 15.4. The minimum Gasteiger partial charge on any atom is -0.495 e. The Hall–Kier alpha value is -3.42. The second-order valence-corrected chi connectivity index (χ2v) is 6.00. The number of ether oxygens (including phenoxy) is 2. The quantitative estimate of drug-likeness (QED) is 0.473. The van der Waals surface area contributed by atoms with E-state index in [0.717, 1.165) is 11.1 Å². The SMILES string of the molecule is COc1ccc([N+](=O)[O-])cc1NC(=O)[C@H](C)OC(=O)c1cc(C)ccc1C. The predicted molar refractivity (Wildman–Crippen MR) is 99.1 cm³/mol. The van der Waals surface area contributed by atoms with Gasteiger partial charge in [0, 0.05) is 12.1 Å². The lowest BCUT2D eigenvalue weighted by molar-refractivity contribution is -0.384. The van der Waals surface area contributed by atoms with E-state index in [4.69, 9.17) is 9.47 Å². The van der Waals surface area contributed by atoms with Gasteiger partial charge in [-0.1, -0.05) is 17.7 Å². The van der Waals surface area contributed by atoms with E-state index in [1.54, 1.807) is 19.1 Å². The highest BCUT2D eigenvalue weighted by Gasteiger charge is 2.22. The summed E-state index contributed by atoms with van der Waals surface area (Å²) in [4.78, 5) is 35.0. The van der Waals surface area contributed by atoms with Gasteiger partial charge in [-0.25, -0.2) is 4.79 Å². The minimum atomic E-state index is -1.11. The third kappa shape index (κ3) is 4.81. The topological polar surface area (TPSA) is 108 Å². The van der Waals surface area contributed by atoms with Crippen molar-refractivity contribution in [2.75, 3.05) is 12.4 Å². The van der Waals surface area contributed by atoms with Crippen LogP contribution in [0.15, 0.2) is 36.4 Å². The first kappa shape index (κ1) is 19.9. The molecule has 2 rings (SSSR count). The molecule has 142 valence electrons. The number of hydrogen-bond donors (Lipinski definition) is 1. The summed E-state index contributed by atoms with van der Waals surface area (Å²) in [5, 5.41) is 13.4. The van der Waals surface area contributed by atoms with Crippen molar-refractivity contribution >= 4 is 23.3 Å². The van der Waals surface area contributed by atoms with Crippen molar-refractivity contribution in [3.05, 3.63) is 63.2 Å². The van der Waals surface area contributed by atoms with E-state index < -0.39 is 22.9 Å². The molecular weight excluding hydrogens is 352 g/mol. The van der Waals surface area contributed by atoms with Gasteiger partial charge in [-0.3, -0.25) is 14.9 Å². The van der Waals surface area contributed by atoms with Gasteiger partial charge in [-0.05, 0) is 38.5 Å². The van der Waals surface area contributed by atoms with Crippen molar-refractivity contribution in [2.45, 2.75) is 26.9 Å². The van der Waals surface area contributed by atoms with Gasteiger partial charge in [0.2, 0.25) is 0 Å². The number of methoxy groups -OCH3 is 1. The summed E-state index contributed by atoms with van der Waals surface area (Å²) in [5.74, 6) is -1.00. The molecule has 1 atom stereocenters. The van der Waals surface area contributed by atoms with Gasteiger partial charge in [0.15, 0.2) is 6.10 Å².